The molecule has 0 atom stereocenters. The first kappa shape index (κ1) is 27.3. The molecule has 2 rings (SSSR count). The molecule has 0 aliphatic carbocycles. The van der Waals surface area contributed by atoms with Gasteiger partial charge in [-0.05, 0) is 48.6 Å². The van der Waals surface area contributed by atoms with E-state index in [4.69, 9.17) is 21.1 Å². The number of hydrogen-bond donors (Lipinski definition) is 2. The van der Waals surface area contributed by atoms with E-state index in [1.165, 1.54) is 12.1 Å². The molecule has 8 heteroatoms. The summed E-state index contributed by atoms with van der Waals surface area (Å²) in [5.74, 6) is 7.30. The standard InChI is InChI=1S/C22H31N3O4S.C2H6/c1-14-12-20(29-7)18(13-19(14)28-6)25(24)15(2)21(23)30(26,27)17-10-8-16(9-11-17)22(3,4)5;1-2/h8-13H,23-24H2,1-7H3;1-2H3/b21-15+;. The predicted octanol–water partition coefficient (Wildman–Crippen LogP) is 4.64. The first-order chi connectivity index (χ1) is 14.8. The molecule has 0 amide bonds. The fourth-order valence-electron chi connectivity index (χ4n) is 2.98. The van der Waals surface area contributed by atoms with Crippen LogP contribution in [0.15, 0.2) is 52.0 Å². The number of rotatable bonds is 6. The summed E-state index contributed by atoms with van der Waals surface area (Å²) in [6, 6.07) is 10.2. The molecule has 7 nitrogen and oxygen atoms in total. The minimum absolute atomic E-state index is 0.0886. The van der Waals surface area contributed by atoms with E-state index in [0.29, 0.717) is 17.2 Å². The Hall–Kier alpha value is -2.71. The molecule has 0 saturated heterocycles. The van der Waals surface area contributed by atoms with Crippen molar-refractivity contribution < 1.29 is 17.9 Å². The zero-order valence-corrected chi connectivity index (χ0v) is 21.4. The van der Waals surface area contributed by atoms with E-state index < -0.39 is 9.84 Å². The Kier molecular flexibility index (Phi) is 9.17. The molecule has 0 heterocycles. The van der Waals surface area contributed by atoms with Crippen molar-refractivity contribution in [1.82, 2.24) is 0 Å². The highest BCUT2D eigenvalue weighted by Gasteiger charge is 2.25. The molecule has 178 valence electrons. The maximum Gasteiger partial charge on any atom is 0.223 e. The van der Waals surface area contributed by atoms with Crippen molar-refractivity contribution >= 4 is 15.5 Å². The molecule has 0 unspecified atom stereocenters. The Morgan fingerprint density at radius 3 is 1.91 bits per heavy atom. The summed E-state index contributed by atoms with van der Waals surface area (Å²) in [5, 5.41) is 0.854. The first-order valence-corrected chi connectivity index (χ1v) is 11.9. The van der Waals surface area contributed by atoms with Gasteiger partial charge < -0.3 is 15.2 Å². The van der Waals surface area contributed by atoms with Crippen LogP contribution in [0.4, 0.5) is 5.69 Å². The Labute approximate surface area is 192 Å². The lowest BCUT2D eigenvalue weighted by molar-refractivity contribution is 0.401. The minimum atomic E-state index is -3.93. The number of methoxy groups -OCH3 is 2. The molecule has 4 N–H and O–H groups in total. The summed E-state index contributed by atoms with van der Waals surface area (Å²) in [6.07, 6.45) is 0. The molecule has 0 spiro atoms. The van der Waals surface area contributed by atoms with Crippen molar-refractivity contribution in [3.63, 3.8) is 0 Å². The molecule has 0 aromatic heterocycles. The lowest BCUT2D eigenvalue weighted by atomic mass is 9.87. The number of aryl methyl sites for hydroxylation is 1. The van der Waals surface area contributed by atoms with Crippen molar-refractivity contribution in [1.29, 1.82) is 0 Å². The normalized spacial score (nSPS) is 12.3. The second-order valence-corrected chi connectivity index (χ2v) is 10.0. The highest BCUT2D eigenvalue weighted by Crippen LogP contribution is 2.36. The molecular weight excluding hydrogens is 426 g/mol. The maximum atomic E-state index is 13.1. The predicted molar refractivity (Wildman–Crippen MR) is 132 cm³/mol. The molecule has 0 radical (unpaired) electrons. The van der Waals surface area contributed by atoms with Gasteiger partial charge in [-0.3, -0.25) is 5.01 Å². The Morgan fingerprint density at radius 1 is 0.969 bits per heavy atom. The average Bonchev–Trinajstić information content (AvgIpc) is 2.78. The zero-order valence-electron chi connectivity index (χ0n) is 20.6. The van der Waals surface area contributed by atoms with E-state index in [1.807, 2.05) is 20.8 Å². The lowest BCUT2D eigenvalue weighted by Crippen LogP contribution is -2.33. The van der Waals surface area contributed by atoms with Gasteiger partial charge in [0.2, 0.25) is 9.84 Å². The summed E-state index contributed by atoms with van der Waals surface area (Å²) in [4.78, 5) is 0.106. The van der Waals surface area contributed by atoms with Gasteiger partial charge in [0.05, 0.1) is 24.8 Å². The van der Waals surface area contributed by atoms with Crippen LogP contribution in [0.5, 0.6) is 11.5 Å². The SMILES string of the molecule is CC.COc1cc(N(N)/C(C)=C(\N)S(=O)(=O)c2ccc(C(C)(C)C)cc2)c(OC)cc1C. The van der Waals surface area contributed by atoms with Crippen molar-refractivity contribution in [2.24, 2.45) is 11.6 Å². The second kappa shape index (κ2) is 10.7. The quantitative estimate of drug-likeness (QED) is 0.475. The van der Waals surface area contributed by atoms with Gasteiger partial charge in [0, 0.05) is 6.07 Å². The van der Waals surface area contributed by atoms with E-state index in [1.54, 1.807) is 50.4 Å². The fraction of sp³-hybridized carbons (Fsp3) is 0.417. The van der Waals surface area contributed by atoms with Gasteiger partial charge >= 0.3 is 0 Å². The number of allylic oxidation sites excluding steroid dienone is 1. The number of nitrogens with two attached hydrogens (primary N) is 2. The molecule has 0 saturated carbocycles. The van der Waals surface area contributed by atoms with Crippen LogP contribution in [0.2, 0.25) is 0 Å². The molecular formula is C24H37N3O4S. The summed E-state index contributed by atoms with van der Waals surface area (Å²) < 4.78 is 36.9. The average molecular weight is 464 g/mol. The van der Waals surface area contributed by atoms with E-state index >= 15 is 0 Å². The third kappa shape index (κ3) is 5.75. The summed E-state index contributed by atoms with van der Waals surface area (Å²) in [6.45, 7) is 13.6. The van der Waals surface area contributed by atoms with Crippen LogP contribution in [0.3, 0.4) is 0 Å². The molecule has 32 heavy (non-hydrogen) atoms. The summed E-state index contributed by atoms with van der Waals surface area (Å²) in [7, 11) is -0.881. The molecule has 0 bridgehead atoms. The van der Waals surface area contributed by atoms with Gasteiger partial charge in [-0.1, -0.05) is 46.8 Å². The summed E-state index contributed by atoms with van der Waals surface area (Å²) in [5.41, 5.74) is 8.47. The number of sulfone groups is 1. The van der Waals surface area contributed by atoms with Gasteiger partial charge in [0.25, 0.3) is 0 Å². The monoisotopic (exact) mass is 463 g/mol. The number of nitrogens with zero attached hydrogens (tertiary/aromatic N) is 1. The van der Waals surface area contributed by atoms with Crippen LogP contribution in [-0.2, 0) is 15.3 Å². The number of benzene rings is 2. The van der Waals surface area contributed by atoms with Gasteiger partial charge in [-0.25, -0.2) is 14.3 Å². The highest BCUT2D eigenvalue weighted by molar-refractivity contribution is 7.95. The topological polar surface area (TPSA) is 108 Å². The molecule has 0 aliphatic rings. The summed E-state index contributed by atoms with van der Waals surface area (Å²) >= 11 is 0. The molecule has 0 fully saturated rings. The van der Waals surface area contributed by atoms with Crippen molar-refractivity contribution in [2.75, 3.05) is 19.2 Å². The molecule has 2 aromatic rings. The number of anilines is 1. The van der Waals surface area contributed by atoms with E-state index in [2.05, 4.69) is 20.8 Å². The molecule has 2 aromatic carbocycles. The minimum Gasteiger partial charge on any atom is -0.496 e. The van der Waals surface area contributed by atoms with Crippen molar-refractivity contribution in [3.05, 3.63) is 58.3 Å². The third-order valence-corrected chi connectivity index (χ3v) is 6.76. The second-order valence-electron chi connectivity index (χ2n) is 8.09. The Balaban J connectivity index is 0.00000249. The van der Waals surface area contributed by atoms with Crippen LogP contribution in [0.1, 0.15) is 52.7 Å². The fourth-order valence-corrected chi connectivity index (χ4v) is 4.21. The van der Waals surface area contributed by atoms with E-state index in [9.17, 15) is 8.42 Å². The van der Waals surface area contributed by atoms with Crippen LogP contribution >= 0.6 is 0 Å². The Bertz CT molecular complexity index is 1050. The largest absolute Gasteiger partial charge is 0.496 e. The molecule has 0 aliphatic heterocycles. The maximum absolute atomic E-state index is 13.1. The number of ether oxygens (including phenoxy) is 2. The highest BCUT2D eigenvalue weighted by atomic mass is 32.2. The van der Waals surface area contributed by atoms with Gasteiger partial charge in [-0.15, -0.1) is 0 Å². The Morgan fingerprint density at radius 2 is 1.47 bits per heavy atom. The van der Waals surface area contributed by atoms with Gasteiger partial charge in [0.15, 0.2) is 5.03 Å². The van der Waals surface area contributed by atoms with Gasteiger partial charge in [0.1, 0.15) is 17.2 Å². The van der Waals surface area contributed by atoms with Crippen LogP contribution in [0.25, 0.3) is 0 Å². The smallest absolute Gasteiger partial charge is 0.223 e. The van der Waals surface area contributed by atoms with E-state index in [0.717, 1.165) is 11.1 Å². The van der Waals surface area contributed by atoms with Crippen LogP contribution in [-0.4, -0.2) is 22.6 Å². The van der Waals surface area contributed by atoms with Crippen molar-refractivity contribution in [3.8, 4) is 11.5 Å². The number of hydrogen-bond acceptors (Lipinski definition) is 7. The van der Waals surface area contributed by atoms with Crippen molar-refractivity contribution in [2.45, 2.75) is 58.8 Å². The van der Waals surface area contributed by atoms with Crippen LogP contribution < -0.4 is 26.1 Å². The third-order valence-electron chi connectivity index (χ3n) is 4.99. The first-order valence-electron chi connectivity index (χ1n) is 10.4. The van der Waals surface area contributed by atoms with Gasteiger partial charge in [-0.2, -0.15) is 0 Å². The zero-order chi connectivity index (χ0) is 24.9. The van der Waals surface area contributed by atoms with E-state index in [-0.39, 0.29) is 21.0 Å². The van der Waals surface area contributed by atoms with Crippen LogP contribution in [0, 0.1) is 6.92 Å². The number of hydrazine groups is 1. The lowest BCUT2D eigenvalue weighted by Gasteiger charge is -2.24.